The Morgan fingerprint density at radius 3 is 2.69 bits per heavy atom. The van der Waals surface area contributed by atoms with Crippen LogP contribution in [-0.2, 0) is 0 Å². The summed E-state index contributed by atoms with van der Waals surface area (Å²) in [6, 6.07) is 1.22. The lowest BCUT2D eigenvalue weighted by atomic mass is 9.73. The van der Waals surface area contributed by atoms with Crippen molar-refractivity contribution in [2.45, 2.75) is 38.5 Å². The van der Waals surface area contributed by atoms with Crippen LogP contribution in [0.5, 0.6) is 5.75 Å². The molecule has 1 saturated heterocycles. The summed E-state index contributed by atoms with van der Waals surface area (Å²) in [6.45, 7) is 1.47. The molecular weight excluding hydrogens is 435 g/mol. The lowest BCUT2D eigenvalue weighted by Gasteiger charge is -2.33. The predicted molar refractivity (Wildman–Crippen MR) is 112 cm³/mol. The number of thiazole rings is 1. The molecule has 10 heteroatoms. The van der Waals surface area contributed by atoms with Crippen LogP contribution in [0.4, 0.5) is 5.00 Å². The fraction of sp³-hybridized carbons (Fsp3) is 0.474. The summed E-state index contributed by atoms with van der Waals surface area (Å²) in [5, 5.41) is 12.3. The van der Waals surface area contributed by atoms with Crippen LogP contribution in [0.2, 0.25) is 10.2 Å². The van der Waals surface area contributed by atoms with Gasteiger partial charge in [-0.25, -0.2) is 9.97 Å². The Morgan fingerprint density at radius 1 is 1.21 bits per heavy atom. The van der Waals surface area contributed by atoms with E-state index in [0.29, 0.717) is 11.5 Å². The molecule has 1 aliphatic heterocycles. The number of hydrogen-bond acceptors (Lipinski definition) is 6. The molecule has 2 N–H and O–H groups in total. The third kappa shape index (κ3) is 4.06. The summed E-state index contributed by atoms with van der Waals surface area (Å²) >= 11 is 12.8. The molecular formula is C19H20Cl2N4O3S. The van der Waals surface area contributed by atoms with Crippen LogP contribution >= 0.6 is 34.5 Å². The number of amides is 2. The Kier molecular flexibility index (Phi) is 5.68. The average molecular weight is 455 g/mol. The molecule has 3 heterocycles. The van der Waals surface area contributed by atoms with Crippen LogP contribution in [0.15, 0.2) is 11.6 Å². The number of carbonyl (C=O) groups excluding carboxylic acids is 2. The number of rotatable bonds is 3. The largest absolute Gasteiger partial charge is 0.504 e. The Hall–Kier alpha value is -1.90. The van der Waals surface area contributed by atoms with Gasteiger partial charge in [0.25, 0.3) is 11.8 Å². The lowest BCUT2D eigenvalue weighted by Crippen LogP contribution is -2.33. The van der Waals surface area contributed by atoms with Crippen LogP contribution in [0, 0.1) is 5.41 Å². The van der Waals surface area contributed by atoms with Crippen molar-refractivity contribution in [3.63, 3.8) is 0 Å². The van der Waals surface area contributed by atoms with E-state index in [4.69, 9.17) is 23.2 Å². The number of hydrogen-bond donors (Lipinski definition) is 2. The Morgan fingerprint density at radius 2 is 1.97 bits per heavy atom. The fourth-order valence-corrected chi connectivity index (χ4v) is 5.32. The zero-order valence-electron chi connectivity index (χ0n) is 15.6. The molecule has 4 rings (SSSR count). The molecule has 7 nitrogen and oxygen atoms in total. The molecule has 1 aliphatic carbocycles. The van der Waals surface area contributed by atoms with Gasteiger partial charge < -0.3 is 15.3 Å². The van der Waals surface area contributed by atoms with E-state index in [1.165, 1.54) is 43.7 Å². The third-order valence-corrected chi connectivity index (χ3v) is 7.07. The minimum atomic E-state index is -0.586. The number of aromatic hydroxyl groups is 1. The first kappa shape index (κ1) is 20.4. The van der Waals surface area contributed by atoms with Crippen LogP contribution < -0.4 is 5.32 Å². The summed E-state index contributed by atoms with van der Waals surface area (Å²) in [6.07, 6.45) is 7.10. The minimum absolute atomic E-state index is 0.0630. The number of likely N-dealkylation sites (tertiary alicyclic amines) is 1. The van der Waals surface area contributed by atoms with E-state index in [0.717, 1.165) is 24.3 Å². The Labute approximate surface area is 182 Å². The van der Waals surface area contributed by atoms with Crippen LogP contribution in [0.25, 0.3) is 0 Å². The predicted octanol–water partition coefficient (Wildman–Crippen LogP) is 4.60. The second kappa shape index (κ2) is 8.08. The SMILES string of the molecule is O=C(Nc1scnc1C(=O)N1CCC2(CCCCC2)C1)c1cc(Cl)c(O)c(Cl)n1. The highest BCUT2D eigenvalue weighted by atomic mass is 35.5. The summed E-state index contributed by atoms with van der Waals surface area (Å²) < 4.78 is 0. The number of nitrogens with zero attached hydrogens (tertiary/aromatic N) is 3. The van der Waals surface area contributed by atoms with Crippen molar-refractivity contribution in [2.75, 3.05) is 18.4 Å². The van der Waals surface area contributed by atoms with Crippen molar-refractivity contribution in [1.82, 2.24) is 14.9 Å². The molecule has 0 aromatic carbocycles. The normalized spacial score (nSPS) is 18.2. The molecule has 2 fully saturated rings. The zero-order valence-corrected chi connectivity index (χ0v) is 17.9. The maximum Gasteiger partial charge on any atom is 0.275 e. The van der Waals surface area contributed by atoms with Crippen LogP contribution in [-0.4, -0.2) is 44.9 Å². The van der Waals surface area contributed by atoms with Gasteiger partial charge in [0, 0.05) is 13.1 Å². The highest BCUT2D eigenvalue weighted by Crippen LogP contribution is 2.44. The second-order valence-electron chi connectivity index (χ2n) is 7.65. The first-order chi connectivity index (χ1) is 13.9. The van der Waals surface area contributed by atoms with Gasteiger partial charge >= 0.3 is 0 Å². The van der Waals surface area contributed by atoms with E-state index < -0.39 is 5.91 Å². The van der Waals surface area contributed by atoms with E-state index in [-0.39, 0.29) is 38.6 Å². The molecule has 0 bridgehead atoms. The van der Waals surface area contributed by atoms with Crippen molar-refractivity contribution < 1.29 is 14.7 Å². The van der Waals surface area contributed by atoms with E-state index in [1.54, 1.807) is 0 Å². The van der Waals surface area contributed by atoms with E-state index in [2.05, 4.69) is 15.3 Å². The first-order valence-corrected chi connectivity index (χ1v) is 11.1. The van der Waals surface area contributed by atoms with Crippen molar-refractivity contribution in [1.29, 1.82) is 0 Å². The molecule has 1 saturated carbocycles. The van der Waals surface area contributed by atoms with Gasteiger partial charge in [-0.05, 0) is 30.7 Å². The summed E-state index contributed by atoms with van der Waals surface area (Å²) in [5.41, 5.74) is 1.94. The van der Waals surface area contributed by atoms with Gasteiger partial charge in [0.05, 0.1) is 10.5 Å². The number of carbonyl (C=O) groups is 2. The summed E-state index contributed by atoms with van der Waals surface area (Å²) in [4.78, 5) is 35.5. The van der Waals surface area contributed by atoms with Crippen LogP contribution in [0.1, 0.15) is 59.5 Å². The molecule has 2 amide bonds. The molecule has 0 unspecified atom stereocenters. The lowest BCUT2D eigenvalue weighted by molar-refractivity contribution is 0.0755. The summed E-state index contributed by atoms with van der Waals surface area (Å²) in [7, 11) is 0. The standard InChI is InChI=1S/C19H20Cl2N4O3S/c20-11-8-12(23-15(21)14(11)26)16(27)24-17-13(22-10-29-17)18(28)25-7-6-19(9-25)4-2-1-3-5-19/h8,10,26H,1-7,9H2,(H,24,27). The van der Waals surface area contributed by atoms with Gasteiger partial charge in [-0.15, -0.1) is 11.3 Å². The third-order valence-electron chi connectivity index (χ3n) is 5.77. The van der Waals surface area contributed by atoms with Gasteiger partial charge in [-0.1, -0.05) is 42.5 Å². The van der Waals surface area contributed by atoms with Gasteiger partial charge in [-0.3, -0.25) is 9.59 Å². The summed E-state index contributed by atoms with van der Waals surface area (Å²) in [5.74, 6) is -1.14. The number of halogens is 2. The average Bonchev–Trinajstić information content (AvgIpc) is 3.33. The molecule has 2 aromatic rings. The topological polar surface area (TPSA) is 95.4 Å². The maximum absolute atomic E-state index is 13.1. The molecule has 0 atom stereocenters. The van der Waals surface area contributed by atoms with Crippen molar-refractivity contribution in [3.05, 3.63) is 33.1 Å². The van der Waals surface area contributed by atoms with Crippen molar-refractivity contribution >= 4 is 51.4 Å². The molecule has 2 aliphatic rings. The second-order valence-corrected chi connectivity index (χ2v) is 9.27. The fourth-order valence-electron chi connectivity index (χ4n) is 4.22. The van der Waals surface area contributed by atoms with E-state index >= 15 is 0 Å². The highest BCUT2D eigenvalue weighted by Gasteiger charge is 2.41. The quantitative estimate of drug-likeness (QED) is 0.660. The van der Waals surface area contributed by atoms with Crippen molar-refractivity contribution in [2.24, 2.45) is 5.41 Å². The molecule has 29 heavy (non-hydrogen) atoms. The number of nitrogens with one attached hydrogen (secondary N) is 1. The van der Waals surface area contributed by atoms with Crippen LogP contribution in [0.3, 0.4) is 0 Å². The smallest absolute Gasteiger partial charge is 0.275 e. The minimum Gasteiger partial charge on any atom is -0.504 e. The molecule has 2 aromatic heterocycles. The number of pyridine rings is 1. The molecule has 154 valence electrons. The van der Waals surface area contributed by atoms with Crippen molar-refractivity contribution in [3.8, 4) is 5.75 Å². The van der Waals surface area contributed by atoms with Gasteiger partial charge in [0.2, 0.25) is 0 Å². The van der Waals surface area contributed by atoms with E-state index in [9.17, 15) is 14.7 Å². The monoisotopic (exact) mass is 454 g/mol. The van der Waals surface area contributed by atoms with Gasteiger partial charge in [0.15, 0.2) is 16.6 Å². The van der Waals surface area contributed by atoms with Gasteiger partial charge in [-0.2, -0.15) is 0 Å². The Bertz CT molecular complexity index is 936. The Balaban J connectivity index is 1.49. The molecule has 1 spiro atoms. The zero-order chi connectivity index (χ0) is 20.6. The number of anilines is 1. The highest BCUT2D eigenvalue weighted by molar-refractivity contribution is 7.14. The van der Waals surface area contributed by atoms with E-state index in [1.807, 2.05) is 4.90 Å². The number of aromatic nitrogens is 2. The maximum atomic E-state index is 13.1. The van der Waals surface area contributed by atoms with Gasteiger partial charge in [0.1, 0.15) is 10.7 Å². The first-order valence-electron chi connectivity index (χ1n) is 9.48. The molecule has 0 radical (unpaired) electrons.